The third-order valence-electron chi connectivity index (χ3n) is 7.58. The Balaban J connectivity index is 1.13. The van der Waals surface area contributed by atoms with Crippen molar-refractivity contribution in [1.29, 1.82) is 0 Å². The lowest BCUT2D eigenvalue weighted by atomic mass is 9.82. The minimum Gasteiger partial charge on any atom is -0.342 e. The molecule has 3 unspecified atom stereocenters. The topological polar surface area (TPSA) is 89.6 Å². The maximum absolute atomic E-state index is 13.2. The molecule has 1 aliphatic carbocycles. The fraction of sp³-hybridized carbons (Fsp3) is 0.609. The summed E-state index contributed by atoms with van der Waals surface area (Å²) >= 11 is 0. The number of amides is 2. The Bertz CT molecular complexity index is 815. The smallest absolute Gasteiger partial charge is 0.246 e. The maximum atomic E-state index is 13.2. The first-order valence-corrected chi connectivity index (χ1v) is 11.6. The predicted octanol–water partition coefficient (Wildman–Crippen LogP) is 0.942. The number of hydrogen-bond acceptors (Lipinski definition) is 6. The third kappa shape index (κ3) is 4.51. The van der Waals surface area contributed by atoms with E-state index in [2.05, 4.69) is 26.3 Å². The van der Waals surface area contributed by atoms with Crippen molar-refractivity contribution >= 4 is 17.9 Å². The molecular formula is C23H32N6O2. The van der Waals surface area contributed by atoms with E-state index in [4.69, 9.17) is 0 Å². The van der Waals surface area contributed by atoms with Crippen LogP contribution in [0, 0.1) is 17.8 Å². The van der Waals surface area contributed by atoms with Gasteiger partial charge in [-0.3, -0.25) is 14.6 Å². The minimum atomic E-state index is 0.0766. The van der Waals surface area contributed by atoms with Gasteiger partial charge in [0, 0.05) is 62.7 Å². The van der Waals surface area contributed by atoms with Crippen LogP contribution in [0.5, 0.6) is 0 Å². The Labute approximate surface area is 183 Å². The van der Waals surface area contributed by atoms with E-state index < -0.39 is 0 Å². The van der Waals surface area contributed by atoms with Gasteiger partial charge in [0.15, 0.2) is 0 Å². The quantitative estimate of drug-likeness (QED) is 0.626. The Morgan fingerprint density at radius 3 is 2.39 bits per heavy atom. The summed E-state index contributed by atoms with van der Waals surface area (Å²) in [5.41, 5.74) is 10.5. The zero-order chi connectivity index (χ0) is 21.2. The Hall–Kier alpha value is -2.29. The summed E-state index contributed by atoms with van der Waals surface area (Å²) in [6.07, 6.45) is 11.9. The molecule has 4 fully saturated rings. The number of hydrogen-bond donors (Lipinski definition) is 3. The highest BCUT2D eigenvalue weighted by Gasteiger charge is 2.42. The molecule has 1 aromatic rings. The highest BCUT2D eigenvalue weighted by atomic mass is 16.2. The van der Waals surface area contributed by atoms with Crippen LogP contribution >= 0.6 is 0 Å². The zero-order valence-electron chi connectivity index (χ0n) is 17.9. The van der Waals surface area contributed by atoms with E-state index in [1.807, 2.05) is 23.1 Å². The van der Waals surface area contributed by atoms with E-state index in [9.17, 15) is 9.59 Å². The van der Waals surface area contributed by atoms with Crippen molar-refractivity contribution in [1.82, 2.24) is 31.2 Å². The van der Waals surface area contributed by atoms with Gasteiger partial charge in [-0.05, 0) is 67.7 Å². The number of hydrazine groups is 2. The summed E-state index contributed by atoms with van der Waals surface area (Å²) in [7, 11) is 0. The molecule has 4 heterocycles. The molecule has 0 spiro atoms. The number of aromatic nitrogens is 1. The van der Waals surface area contributed by atoms with Crippen LogP contribution < -0.4 is 16.4 Å². The number of pyridine rings is 1. The van der Waals surface area contributed by atoms with Crippen molar-refractivity contribution < 1.29 is 9.59 Å². The number of carbonyl (C=O) groups is 2. The molecule has 0 radical (unpaired) electrons. The van der Waals surface area contributed by atoms with E-state index >= 15 is 0 Å². The molecule has 0 aromatic carbocycles. The van der Waals surface area contributed by atoms with E-state index in [-0.39, 0.29) is 11.8 Å². The molecule has 3 aliphatic heterocycles. The number of carbonyl (C=O) groups excluding carboxylic acids is 2. The molecule has 3 N–H and O–H groups in total. The third-order valence-corrected chi connectivity index (χ3v) is 7.58. The number of rotatable bonds is 3. The molecule has 1 aromatic heterocycles. The zero-order valence-corrected chi connectivity index (χ0v) is 17.9. The number of nitrogens with one attached hydrogen (secondary N) is 3. The van der Waals surface area contributed by atoms with Gasteiger partial charge in [0.05, 0.1) is 0 Å². The normalized spacial score (nSPS) is 33.2. The van der Waals surface area contributed by atoms with E-state index in [0.29, 0.717) is 29.8 Å². The van der Waals surface area contributed by atoms with Gasteiger partial charge < -0.3 is 9.80 Å². The van der Waals surface area contributed by atoms with Crippen molar-refractivity contribution in [2.24, 2.45) is 17.8 Å². The standard InChI is InChI=1S/C23H32N6O2/c30-22(4-1-16-5-9-24-10-6-16)28-11-7-18-14-29(15-19(18)8-12-28)23(31)17-2-3-20-21(13-17)26-27-25-20/h1,4-6,9-10,17-21,25-27H,2-3,7-8,11-15H2/b4-1+/t17?,18-,19+,20?,21?. The van der Waals surface area contributed by atoms with Crippen molar-refractivity contribution in [2.75, 3.05) is 26.2 Å². The average Bonchev–Trinajstić information content (AvgIpc) is 3.39. The van der Waals surface area contributed by atoms with Crippen LogP contribution in [0.4, 0.5) is 0 Å². The number of nitrogens with zero attached hydrogens (tertiary/aromatic N) is 3. The Morgan fingerprint density at radius 2 is 1.65 bits per heavy atom. The Kier molecular flexibility index (Phi) is 6.02. The molecular weight excluding hydrogens is 392 g/mol. The van der Waals surface area contributed by atoms with Crippen LogP contribution in [0.15, 0.2) is 30.6 Å². The average molecular weight is 425 g/mol. The van der Waals surface area contributed by atoms with E-state index in [1.165, 1.54) is 0 Å². The predicted molar refractivity (Wildman–Crippen MR) is 117 cm³/mol. The highest BCUT2D eigenvalue weighted by Crippen LogP contribution is 2.35. The number of likely N-dealkylation sites (tertiary alicyclic amines) is 2. The lowest BCUT2D eigenvalue weighted by molar-refractivity contribution is -0.136. The lowest BCUT2D eigenvalue weighted by Crippen LogP contribution is -2.45. The molecule has 3 saturated heterocycles. The fourth-order valence-electron chi connectivity index (χ4n) is 5.71. The van der Waals surface area contributed by atoms with Crippen molar-refractivity contribution in [2.45, 2.75) is 44.2 Å². The first-order chi connectivity index (χ1) is 15.2. The molecule has 5 atom stereocenters. The molecule has 5 rings (SSSR count). The summed E-state index contributed by atoms with van der Waals surface area (Å²) in [5.74, 6) is 1.57. The monoisotopic (exact) mass is 424 g/mol. The van der Waals surface area contributed by atoms with Gasteiger partial charge in [-0.15, -0.1) is 0 Å². The van der Waals surface area contributed by atoms with Gasteiger partial charge in [-0.2, -0.15) is 5.53 Å². The van der Waals surface area contributed by atoms with Gasteiger partial charge in [-0.1, -0.05) is 0 Å². The van der Waals surface area contributed by atoms with Gasteiger partial charge in [0.1, 0.15) is 0 Å². The van der Waals surface area contributed by atoms with Crippen LogP contribution in [0.1, 0.15) is 37.7 Å². The maximum Gasteiger partial charge on any atom is 0.246 e. The van der Waals surface area contributed by atoms with Crippen LogP contribution in [-0.4, -0.2) is 64.9 Å². The molecule has 2 amide bonds. The molecule has 0 bridgehead atoms. The summed E-state index contributed by atoms with van der Waals surface area (Å²) in [6.45, 7) is 3.26. The lowest BCUT2D eigenvalue weighted by Gasteiger charge is -2.32. The fourth-order valence-corrected chi connectivity index (χ4v) is 5.71. The van der Waals surface area contributed by atoms with Crippen molar-refractivity contribution in [3.8, 4) is 0 Å². The van der Waals surface area contributed by atoms with Crippen molar-refractivity contribution in [3.05, 3.63) is 36.2 Å². The highest BCUT2D eigenvalue weighted by molar-refractivity contribution is 5.91. The van der Waals surface area contributed by atoms with Gasteiger partial charge >= 0.3 is 0 Å². The second-order valence-electron chi connectivity index (χ2n) is 9.42. The molecule has 166 valence electrons. The van der Waals surface area contributed by atoms with Crippen LogP contribution in [0.3, 0.4) is 0 Å². The van der Waals surface area contributed by atoms with Gasteiger partial charge in [0.25, 0.3) is 0 Å². The number of fused-ring (bicyclic) bond motifs is 2. The van der Waals surface area contributed by atoms with Crippen molar-refractivity contribution in [3.63, 3.8) is 0 Å². The molecule has 31 heavy (non-hydrogen) atoms. The molecule has 1 saturated carbocycles. The SMILES string of the molecule is O=C(/C=C/c1ccncc1)N1CC[C@@H]2CN(C(=O)C3CCC4NNNC4C3)C[C@@H]2CC1. The van der Waals surface area contributed by atoms with Crippen LogP contribution in [0.2, 0.25) is 0 Å². The second kappa shape index (κ2) is 9.06. The summed E-state index contributed by atoms with van der Waals surface area (Å²) in [4.78, 5) is 33.9. The minimum absolute atomic E-state index is 0.0766. The van der Waals surface area contributed by atoms with Crippen LogP contribution in [0.25, 0.3) is 6.08 Å². The van der Waals surface area contributed by atoms with Gasteiger partial charge in [0.2, 0.25) is 11.8 Å². The Morgan fingerprint density at radius 1 is 0.935 bits per heavy atom. The van der Waals surface area contributed by atoms with Gasteiger partial charge in [-0.25, -0.2) is 10.9 Å². The summed E-state index contributed by atoms with van der Waals surface area (Å²) in [5, 5.41) is 0. The van der Waals surface area contributed by atoms with E-state index in [1.54, 1.807) is 18.5 Å². The molecule has 4 aliphatic rings. The van der Waals surface area contributed by atoms with E-state index in [0.717, 1.165) is 63.8 Å². The summed E-state index contributed by atoms with van der Waals surface area (Å²) in [6, 6.07) is 4.56. The first kappa shape index (κ1) is 20.6. The first-order valence-electron chi connectivity index (χ1n) is 11.6. The van der Waals surface area contributed by atoms with Crippen LogP contribution in [-0.2, 0) is 9.59 Å². The molecule has 8 heteroatoms. The summed E-state index contributed by atoms with van der Waals surface area (Å²) < 4.78 is 0. The molecule has 8 nitrogen and oxygen atoms in total. The second-order valence-corrected chi connectivity index (χ2v) is 9.42. The largest absolute Gasteiger partial charge is 0.342 e.